The van der Waals surface area contributed by atoms with Crippen LogP contribution < -0.4 is 4.90 Å². The molecule has 3 rings (SSSR count). The molecule has 2 aliphatic rings. The molecule has 0 saturated carbocycles. The summed E-state index contributed by atoms with van der Waals surface area (Å²) in [6.07, 6.45) is 5.27. The maximum atomic E-state index is 6.28. The zero-order chi connectivity index (χ0) is 14.1. The molecule has 1 aromatic rings. The summed E-state index contributed by atoms with van der Waals surface area (Å²) in [6.45, 7) is 5.91. The minimum Gasteiger partial charge on any atom is -0.365 e. The molecule has 0 bridgehead atoms. The topological polar surface area (TPSA) is 6.48 Å². The van der Waals surface area contributed by atoms with Gasteiger partial charge in [0.25, 0.3) is 0 Å². The van der Waals surface area contributed by atoms with Crippen molar-refractivity contribution in [2.75, 3.05) is 24.5 Å². The van der Waals surface area contributed by atoms with Gasteiger partial charge in [0.2, 0.25) is 0 Å². The number of rotatable bonds is 2. The minimum atomic E-state index is 0.596. The van der Waals surface area contributed by atoms with E-state index in [4.69, 9.17) is 11.6 Å². The quantitative estimate of drug-likeness (QED) is 0.766. The molecule has 2 aliphatic heterocycles. The van der Waals surface area contributed by atoms with Gasteiger partial charge in [-0.2, -0.15) is 0 Å². The van der Waals surface area contributed by atoms with Crippen LogP contribution in [-0.4, -0.2) is 36.6 Å². The Hall–Kier alpha value is -0.250. The van der Waals surface area contributed by atoms with Crippen LogP contribution in [-0.2, 0) is 0 Å². The van der Waals surface area contributed by atoms with Gasteiger partial charge in [0.05, 0.1) is 15.2 Å². The summed E-state index contributed by atoms with van der Waals surface area (Å²) in [7, 11) is 0. The third-order valence-corrected chi connectivity index (χ3v) is 6.13. The first kappa shape index (κ1) is 14.7. The Morgan fingerprint density at radius 2 is 2.15 bits per heavy atom. The minimum absolute atomic E-state index is 0.596. The molecule has 2 fully saturated rings. The van der Waals surface area contributed by atoms with Gasteiger partial charge < -0.3 is 4.90 Å². The number of benzene rings is 1. The molecular formula is C16H22BrClN2. The molecule has 0 amide bonds. The lowest BCUT2D eigenvalue weighted by atomic mass is 9.95. The fourth-order valence-corrected chi connectivity index (χ4v) is 4.27. The van der Waals surface area contributed by atoms with Crippen LogP contribution in [0.5, 0.6) is 0 Å². The standard InChI is InChI=1S/C16H22BrClN2/c1-2-12-10-19-9-4-3-6-13(19)11-20(12)15-8-5-7-14(18)16(15)17/h5,7-8,12-13H,2-4,6,9-11H2,1H3. The van der Waals surface area contributed by atoms with Gasteiger partial charge in [0.1, 0.15) is 0 Å². The molecule has 1 aromatic carbocycles. The van der Waals surface area contributed by atoms with Crippen molar-refractivity contribution in [3.8, 4) is 0 Å². The first-order valence-corrected chi connectivity index (χ1v) is 8.82. The van der Waals surface area contributed by atoms with Crippen LogP contribution in [0.4, 0.5) is 5.69 Å². The second-order valence-electron chi connectivity index (χ2n) is 5.93. The molecule has 2 saturated heterocycles. The highest BCUT2D eigenvalue weighted by molar-refractivity contribution is 9.10. The van der Waals surface area contributed by atoms with Gasteiger partial charge >= 0.3 is 0 Å². The van der Waals surface area contributed by atoms with E-state index < -0.39 is 0 Å². The number of nitrogens with zero attached hydrogens (tertiary/aromatic N) is 2. The predicted molar refractivity (Wildman–Crippen MR) is 89.8 cm³/mol. The largest absolute Gasteiger partial charge is 0.365 e. The van der Waals surface area contributed by atoms with E-state index in [0.717, 1.165) is 22.1 Å². The molecule has 2 atom stereocenters. The van der Waals surface area contributed by atoms with E-state index in [9.17, 15) is 0 Å². The molecule has 20 heavy (non-hydrogen) atoms. The van der Waals surface area contributed by atoms with Gasteiger partial charge in [-0.05, 0) is 53.9 Å². The highest BCUT2D eigenvalue weighted by Gasteiger charge is 2.34. The second kappa shape index (κ2) is 6.25. The highest BCUT2D eigenvalue weighted by atomic mass is 79.9. The van der Waals surface area contributed by atoms with E-state index in [1.165, 1.54) is 44.5 Å². The third kappa shape index (κ3) is 2.72. The first-order chi connectivity index (χ1) is 9.70. The van der Waals surface area contributed by atoms with E-state index in [-0.39, 0.29) is 0 Å². The van der Waals surface area contributed by atoms with Gasteiger partial charge in [-0.25, -0.2) is 0 Å². The van der Waals surface area contributed by atoms with E-state index in [2.05, 4.69) is 44.8 Å². The molecular weight excluding hydrogens is 336 g/mol. The zero-order valence-electron chi connectivity index (χ0n) is 12.0. The van der Waals surface area contributed by atoms with Crippen molar-refractivity contribution in [3.05, 3.63) is 27.7 Å². The fourth-order valence-electron chi connectivity index (χ4n) is 3.61. The molecule has 4 heteroatoms. The predicted octanol–water partition coefficient (Wildman–Crippen LogP) is 4.56. The summed E-state index contributed by atoms with van der Waals surface area (Å²) in [5.74, 6) is 0. The number of hydrogen-bond donors (Lipinski definition) is 0. The third-order valence-electron chi connectivity index (χ3n) is 4.75. The Morgan fingerprint density at radius 3 is 2.95 bits per heavy atom. The SMILES string of the molecule is CCC1CN2CCCCC2CN1c1cccc(Cl)c1Br. The lowest BCUT2D eigenvalue weighted by Crippen LogP contribution is -2.59. The number of piperazine rings is 1. The molecule has 0 radical (unpaired) electrons. The van der Waals surface area contributed by atoms with Crippen molar-refractivity contribution in [2.24, 2.45) is 0 Å². The van der Waals surface area contributed by atoms with E-state index in [1.54, 1.807) is 0 Å². The van der Waals surface area contributed by atoms with Crippen LogP contribution in [0.1, 0.15) is 32.6 Å². The van der Waals surface area contributed by atoms with Crippen molar-refractivity contribution >= 4 is 33.2 Å². The Morgan fingerprint density at radius 1 is 1.30 bits per heavy atom. The molecule has 0 spiro atoms. The summed E-state index contributed by atoms with van der Waals surface area (Å²) in [5, 5.41) is 0.809. The number of halogens is 2. The molecule has 0 aromatic heterocycles. The second-order valence-corrected chi connectivity index (χ2v) is 7.13. The van der Waals surface area contributed by atoms with Crippen LogP contribution in [0.3, 0.4) is 0 Å². The van der Waals surface area contributed by atoms with Crippen LogP contribution in [0.25, 0.3) is 0 Å². The van der Waals surface area contributed by atoms with Gasteiger partial charge in [-0.1, -0.05) is 31.0 Å². The van der Waals surface area contributed by atoms with Crippen molar-refractivity contribution in [2.45, 2.75) is 44.7 Å². The lowest BCUT2D eigenvalue weighted by molar-refractivity contribution is 0.111. The molecule has 2 nitrogen and oxygen atoms in total. The molecule has 0 N–H and O–H groups in total. The Kier molecular flexibility index (Phi) is 4.58. The summed E-state index contributed by atoms with van der Waals surface area (Å²) >= 11 is 9.95. The Balaban J connectivity index is 1.88. The van der Waals surface area contributed by atoms with Crippen molar-refractivity contribution < 1.29 is 0 Å². The van der Waals surface area contributed by atoms with Crippen molar-refractivity contribution in [3.63, 3.8) is 0 Å². The lowest BCUT2D eigenvalue weighted by Gasteiger charge is -2.49. The highest BCUT2D eigenvalue weighted by Crippen LogP contribution is 2.37. The number of anilines is 1. The molecule has 0 aliphatic carbocycles. The van der Waals surface area contributed by atoms with E-state index in [1.807, 2.05) is 6.07 Å². The summed E-state index contributed by atoms with van der Waals surface area (Å²) < 4.78 is 1.05. The number of hydrogen-bond acceptors (Lipinski definition) is 2. The van der Waals surface area contributed by atoms with Crippen LogP contribution in [0, 0.1) is 0 Å². The van der Waals surface area contributed by atoms with Crippen molar-refractivity contribution in [1.29, 1.82) is 0 Å². The summed E-state index contributed by atoms with van der Waals surface area (Å²) in [4.78, 5) is 5.27. The zero-order valence-corrected chi connectivity index (χ0v) is 14.3. The number of fused-ring (bicyclic) bond motifs is 1. The number of piperidine rings is 1. The van der Waals surface area contributed by atoms with E-state index in [0.29, 0.717) is 6.04 Å². The van der Waals surface area contributed by atoms with Crippen LogP contribution >= 0.6 is 27.5 Å². The molecule has 110 valence electrons. The van der Waals surface area contributed by atoms with Crippen LogP contribution in [0.15, 0.2) is 22.7 Å². The van der Waals surface area contributed by atoms with Crippen LogP contribution in [0.2, 0.25) is 5.02 Å². The monoisotopic (exact) mass is 356 g/mol. The smallest absolute Gasteiger partial charge is 0.0595 e. The van der Waals surface area contributed by atoms with Gasteiger partial charge in [-0.3, -0.25) is 4.90 Å². The fraction of sp³-hybridized carbons (Fsp3) is 0.625. The molecule has 2 unspecified atom stereocenters. The first-order valence-electron chi connectivity index (χ1n) is 7.65. The summed E-state index contributed by atoms with van der Waals surface area (Å²) in [6, 6.07) is 7.52. The molecule has 2 heterocycles. The van der Waals surface area contributed by atoms with Crippen molar-refractivity contribution in [1.82, 2.24) is 4.90 Å². The van der Waals surface area contributed by atoms with Gasteiger partial charge in [-0.15, -0.1) is 0 Å². The Labute approximate surface area is 135 Å². The van der Waals surface area contributed by atoms with E-state index >= 15 is 0 Å². The Bertz CT molecular complexity index is 480. The van der Waals surface area contributed by atoms with Gasteiger partial charge in [0, 0.05) is 25.2 Å². The normalized spacial score (nSPS) is 27.4. The van der Waals surface area contributed by atoms with Gasteiger partial charge in [0.15, 0.2) is 0 Å². The maximum Gasteiger partial charge on any atom is 0.0595 e. The summed E-state index contributed by atoms with van der Waals surface area (Å²) in [5.41, 5.74) is 1.26. The maximum absolute atomic E-state index is 6.28. The average Bonchev–Trinajstić information content (AvgIpc) is 2.48. The average molecular weight is 358 g/mol.